The van der Waals surface area contributed by atoms with Gasteiger partial charge in [-0.2, -0.15) is 0 Å². The van der Waals surface area contributed by atoms with Crippen molar-refractivity contribution >= 4 is 27.8 Å². The van der Waals surface area contributed by atoms with Crippen molar-refractivity contribution in [3.05, 3.63) is 22.4 Å². The summed E-state index contributed by atoms with van der Waals surface area (Å²) >= 11 is 3.38. The van der Waals surface area contributed by atoms with Crippen LogP contribution in [0, 0.1) is 0 Å². The fraction of sp³-hybridized carbons (Fsp3) is 0.600. The molecule has 122 valence electrons. The number of aryl methyl sites for hydroxylation is 1. The molecule has 1 N–H and O–H groups in total. The van der Waals surface area contributed by atoms with E-state index in [1.807, 2.05) is 17.7 Å². The van der Waals surface area contributed by atoms with Gasteiger partial charge in [0.05, 0.1) is 12.5 Å². The highest BCUT2D eigenvalue weighted by atomic mass is 79.9. The lowest BCUT2D eigenvalue weighted by molar-refractivity contribution is -0.137. The van der Waals surface area contributed by atoms with Crippen molar-refractivity contribution in [1.82, 2.24) is 9.47 Å². The van der Waals surface area contributed by atoms with Gasteiger partial charge in [0.15, 0.2) is 0 Å². The molecule has 0 spiro atoms. The van der Waals surface area contributed by atoms with Gasteiger partial charge in [-0.05, 0) is 41.8 Å². The molecule has 6 nitrogen and oxygen atoms in total. The van der Waals surface area contributed by atoms with Gasteiger partial charge < -0.3 is 19.3 Å². The predicted molar refractivity (Wildman–Crippen MR) is 84.9 cm³/mol. The molecule has 22 heavy (non-hydrogen) atoms. The summed E-state index contributed by atoms with van der Waals surface area (Å²) in [5, 5.41) is 8.90. The normalized spacial score (nSPS) is 17.6. The molecular formula is C15H21BrN2O4. The van der Waals surface area contributed by atoms with Crippen LogP contribution in [0.1, 0.15) is 36.7 Å². The Morgan fingerprint density at radius 2 is 2.32 bits per heavy atom. The SMILES string of the molecule is CCn1cc(Br)cc1C(=O)N(CCC(=O)O)C[C@H]1CCCO1. The Hall–Kier alpha value is -1.34. The quantitative estimate of drug-likeness (QED) is 0.797. The highest BCUT2D eigenvalue weighted by molar-refractivity contribution is 9.10. The maximum atomic E-state index is 12.8. The average Bonchev–Trinajstić information content (AvgIpc) is 3.11. The van der Waals surface area contributed by atoms with Crippen molar-refractivity contribution in [2.24, 2.45) is 0 Å². The summed E-state index contributed by atoms with van der Waals surface area (Å²) in [4.78, 5) is 25.2. The summed E-state index contributed by atoms with van der Waals surface area (Å²) in [6, 6.07) is 1.77. The Morgan fingerprint density at radius 1 is 1.55 bits per heavy atom. The largest absolute Gasteiger partial charge is 0.481 e. The minimum absolute atomic E-state index is 0.00576. The number of carbonyl (C=O) groups excluding carboxylic acids is 1. The molecule has 0 unspecified atom stereocenters. The first-order chi connectivity index (χ1) is 10.5. The lowest BCUT2D eigenvalue weighted by atomic mass is 10.2. The molecule has 0 aromatic carbocycles. The molecule has 0 saturated carbocycles. The summed E-state index contributed by atoms with van der Waals surface area (Å²) in [5.74, 6) is -1.05. The van der Waals surface area contributed by atoms with Crippen LogP contribution in [0.2, 0.25) is 0 Å². The zero-order chi connectivity index (χ0) is 16.1. The van der Waals surface area contributed by atoms with Gasteiger partial charge in [0.25, 0.3) is 5.91 Å². The zero-order valence-electron chi connectivity index (χ0n) is 12.6. The minimum Gasteiger partial charge on any atom is -0.481 e. The van der Waals surface area contributed by atoms with Gasteiger partial charge in [-0.3, -0.25) is 9.59 Å². The fourth-order valence-corrected chi connectivity index (χ4v) is 3.08. The Balaban J connectivity index is 2.14. The van der Waals surface area contributed by atoms with E-state index in [0.29, 0.717) is 25.4 Å². The molecule has 1 atom stereocenters. The molecule has 7 heteroatoms. The second-order valence-corrected chi connectivity index (χ2v) is 6.28. The Morgan fingerprint density at radius 3 is 2.91 bits per heavy atom. The molecule has 1 aromatic heterocycles. The molecule has 0 radical (unpaired) electrons. The molecule has 2 rings (SSSR count). The third-order valence-electron chi connectivity index (χ3n) is 3.75. The number of carboxylic acid groups (broad SMARTS) is 1. The smallest absolute Gasteiger partial charge is 0.305 e. The number of carboxylic acids is 1. The number of nitrogens with zero attached hydrogens (tertiary/aromatic N) is 2. The van der Waals surface area contributed by atoms with Gasteiger partial charge in [0, 0.05) is 36.9 Å². The van der Waals surface area contributed by atoms with Crippen molar-refractivity contribution in [3.8, 4) is 0 Å². The van der Waals surface area contributed by atoms with Gasteiger partial charge >= 0.3 is 5.97 Å². The maximum absolute atomic E-state index is 12.8. The van der Waals surface area contributed by atoms with Crippen LogP contribution in [0.4, 0.5) is 0 Å². The van der Waals surface area contributed by atoms with Crippen molar-refractivity contribution < 1.29 is 19.4 Å². The van der Waals surface area contributed by atoms with E-state index in [2.05, 4.69) is 15.9 Å². The van der Waals surface area contributed by atoms with Crippen LogP contribution in [0.25, 0.3) is 0 Å². The number of rotatable bonds is 7. The summed E-state index contributed by atoms with van der Waals surface area (Å²) in [6.07, 6.45) is 3.70. The molecule has 1 aromatic rings. The third kappa shape index (κ3) is 4.33. The molecule has 0 bridgehead atoms. The molecule has 1 aliphatic rings. The minimum atomic E-state index is -0.905. The maximum Gasteiger partial charge on any atom is 0.305 e. The number of hydrogen-bond acceptors (Lipinski definition) is 3. The van der Waals surface area contributed by atoms with Crippen LogP contribution in [-0.2, 0) is 16.1 Å². The third-order valence-corrected chi connectivity index (χ3v) is 4.19. The van der Waals surface area contributed by atoms with Crippen LogP contribution in [0.15, 0.2) is 16.7 Å². The molecule has 1 amide bonds. The molecule has 1 aliphatic heterocycles. The van der Waals surface area contributed by atoms with Crippen LogP contribution >= 0.6 is 15.9 Å². The van der Waals surface area contributed by atoms with E-state index in [-0.39, 0.29) is 25.0 Å². The van der Waals surface area contributed by atoms with Crippen molar-refractivity contribution in [1.29, 1.82) is 0 Å². The first-order valence-electron chi connectivity index (χ1n) is 7.49. The zero-order valence-corrected chi connectivity index (χ0v) is 14.2. The van der Waals surface area contributed by atoms with E-state index in [9.17, 15) is 9.59 Å². The van der Waals surface area contributed by atoms with Crippen molar-refractivity contribution in [2.45, 2.75) is 38.8 Å². The molecule has 2 heterocycles. The van der Waals surface area contributed by atoms with E-state index < -0.39 is 5.97 Å². The van der Waals surface area contributed by atoms with E-state index in [1.165, 1.54) is 0 Å². The number of amides is 1. The lowest BCUT2D eigenvalue weighted by Crippen LogP contribution is -2.39. The van der Waals surface area contributed by atoms with E-state index >= 15 is 0 Å². The lowest BCUT2D eigenvalue weighted by Gasteiger charge is -2.25. The van der Waals surface area contributed by atoms with Gasteiger partial charge in [-0.25, -0.2) is 0 Å². The van der Waals surface area contributed by atoms with Gasteiger partial charge in [0.1, 0.15) is 5.69 Å². The second kappa shape index (κ2) is 7.78. The fourth-order valence-electron chi connectivity index (χ4n) is 2.62. The number of aromatic nitrogens is 1. The highest BCUT2D eigenvalue weighted by Gasteiger charge is 2.25. The number of carbonyl (C=O) groups is 2. The first kappa shape index (κ1) is 17.0. The van der Waals surface area contributed by atoms with Gasteiger partial charge in [-0.1, -0.05) is 0 Å². The van der Waals surface area contributed by atoms with Crippen molar-refractivity contribution in [3.63, 3.8) is 0 Å². The molecular weight excluding hydrogens is 352 g/mol. The van der Waals surface area contributed by atoms with Gasteiger partial charge in [0.2, 0.25) is 0 Å². The van der Waals surface area contributed by atoms with E-state index in [1.54, 1.807) is 11.0 Å². The number of aliphatic carboxylic acids is 1. The summed E-state index contributed by atoms with van der Waals surface area (Å²) < 4.78 is 8.28. The van der Waals surface area contributed by atoms with Crippen LogP contribution < -0.4 is 0 Å². The van der Waals surface area contributed by atoms with Gasteiger partial charge in [-0.15, -0.1) is 0 Å². The highest BCUT2D eigenvalue weighted by Crippen LogP contribution is 2.19. The standard InChI is InChI=1S/C15H21BrN2O4/c1-2-17-9-11(16)8-13(17)15(21)18(6-5-14(19)20)10-12-4-3-7-22-12/h8-9,12H,2-7,10H2,1H3,(H,19,20)/t12-/m1/s1. The van der Waals surface area contributed by atoms with Crippen LogP contribution in [0.5, 0.6) is 0 Å². The Labute approximate surface area is 138 Å². The number of halogens is 1. The second-order valence-electron chi connectivity index (χ2n) is 5.36. The van der Waals surface area contributed by atoms with Crippen molar-refractivity contribution in [2.75, 3.05) is 19.7 Å². The van der Waals surface area contributed by atoms with E-state index in [4.69, 9.17) is 9.84 Å². The predicted octanol–water partition coefficient (Wildman–Crippen LogP) is 2.37. The summed E-state index contributed by atoms with van der Waals surface area (Å²) in [5.41, 5.74) is 0.567. The molecule has 1 fully saturated rings. The van der Waals surface area contributed by atoms with E-state index in [0.717, 1.165) is 17.3 Å². The Kier molecular flexibility index (Phi) is 6.02. The monoisotopic (exact) mass is 372 g/mol. The Bertz CT molecular complexity index is 538. The molecule has 0 aliphatic carbocycles. The molecule has 1 saturated heterocycles. The summed E-state index contributed by atoms with van der Waals surface area (Å²) in [6.45, 7) is 3.99. The summed E-state index contributed by atoms with van der Waals surface area (Å²) in [7, 11) is 0. The average molecular weight is 373 g/mol. The number of hydrogen-bond donors (Lipinski definition) is 1. The van der Waals surface area contributed by atoms with Crippen LogP contribution in [0.3, 0.4) is 0 Å². The van der Waals surface area contributed by atoms with Crippen LogP contribution in [-0.4, -0.2) is 52.3 Å². The topological polar surface area (TPSA) is 71.8 Å². The first-order valence-corrected chi connectivity index (χ1v) is 8.29. The number of ether oxygens (including phenoxy) is 1.